The van der Waals surface area contributed by atoms with E-state index in [1.807, 2.05) is 7.05 Å². The first-order chi connectivity index (χ1) is 14.7. The molecule has 0 aromatic heterocycles. The van der Waals surface area contributed by atoms with E-state index in [9.17, 15) is 0 Å². The molecule has 6 nitrogen and oxygen atoms in total. The maximum atomic E-state index is 4.40. The standard InChI is InChI=1S/C24H44N6.HI/c1-5-28(6-2)16-10-12-22(3)27-24(25-4)26-15-11-17-29-18-20-30(21-19-29)23-13-8-7-9-14-23;/h7-9,13-14,22H,5-6,10-12,15-21H2,1-4H3,(H2,25,26,27);1H. The van der Waals surface area contributed by atoms with Gasteiger partial charge in [0.15, 0.2) is 5.96 Å². The highest BCUT2D eigenvalue weighted by Crippen LogP contribution is 2.15. The number of nitrogens with one attached hydrogen (secondary N) is 2. The summed E-state index contributed by atoms with van der Waals surface area (Å²) in [6.45, 7) is 16.8. The lowest BCUT2D eigenvalue weighted by Gasteiger charge is -2.36. The van der Waals surface area contributed by atoms with Gasteiger partial charge in [0.05, 0.1) is 0 Å². The average Bonchev–Trinajstić information content (AvgIpc) is 2.79. The monoisotopic (exact) mass is 544 g/mol. The van der Waals surface area contributed by atoms with Gasteiger partial charge in [0.2, 0.25) is 0 Å². The van der Waals surface area contributed by atoms with Gasteiger partial charge in [-0.25, -0.2) is 0 Å². The van der Waals surface area contributed by atoms with E-state index in [1.165, 1.54) is 25.1 Å². The fraction of sp³-hybridized carbons (Fsp3) is 0.708. The van der Waals surface area contributed by atoms with Crippen LogP contribution in [-0.2, 0) is 0 Å². The summed E-state index contributed by atoms with van der Waals surface area (Å²) >= 11 is 0. The van der Waals surface area contributed by atoms with Gasteiger partial charge in [-0.2, -0.15) is 0 Å². The van der Waals surface area contributed by atoms with Crippen molar-refractivity contribution in [3.05, 3.63) is 30.3 Å². The predicted molar refractivity (Wildman–Crippen MR) is 146 cm³/mol. The number of benzene rings is 1. The van der Waals surface area contributed by atoms with E-state index in [0.29, 0.717) is 6.04 Å². The Morgan fingerprint density at radius 2 is 1.74 bits per heavy atom. The maximum absolute atomic E-state index is 4.40. The molecule has 1 fully saturated rings. The van der Waals surface area contributed by atoms with Crippen LogP contribution < -0.4 is 15.5 Å². The molecule has 0 radical (unpaired) electrons. The molecule has 0 saturated carbocycles. The lowest BCUT2D eigenvalue weighted by atomic mass is 10.2. The van der Waals surface area contributed by atoms with E-state index >= 15 is 0 Å². The highest BCUT2D eigenvalue weighted by Gasteiger charge is 2.16. The van der Waals surface area contributed by atoms with Gasteiger partial charge in [-0.3, -0.25) is 9.89 Å². The van der Waals surface area contributed by atoms with Crippen molar-refractivity contribution < 1.29 is 0 Å². The van der Waals surface area contributed by atoms with Gasteiger partial charge in [0, 0.05) is 51.5 Å². The zero-order chi connectivity index (χ0) is 21.6. The topological polar surface area (TPSA) is 46.1 Å². The Morgan fingerprint density at radius 3 is 2.35 bits per heavy atom. The minimum Gasteiger partial charge on any atom is -0.369 e. The van der Waals surface area contributed by atoms with Crippen LogP contribution >= 0.6 is 24.0 Å². The Balaban J connectivity index is 0.00000480. The largest absolute Gasteiger partial charge is 0.369 e. The molecule has 1 aromatic carbocycles. The molecule has 1 saturated heterocycles. The van der Waals surface area contributed by atoms with Crippen LogP contribution in [0.3, 0.4) is 0 Å². The smallest absolute Gasteiger partial charge is 0.191 e. The number of rotatable bonds is 12. The third-order valence-corrected chi connectivity index (χ3v) is 6.05. The second kappa shape index (κ2) is 16.6. The van der Waals surface area contributed by atoms with Crippen molar-refractivity contribution in [3.8, 4) is 0 Å². The lowest BCUT2D eigenvalue weighted by Crippen LogP contribution is -2.47. The van der Waals surface area contributed by atoms with E-state index in [2.05, 4.69) is 81.4 Å². The van der Waals surface area contributed by atoms with Crippen molar-refractivity contribution in [1.82, 2.24) is 20.4 Å². The zero-order valence-corrected chi connectivity index (χ0v) is 22.5. The molecule has 1 aliphatic heterocycles. The molecule has 0 spiro atoms. The molecular weight excluding hydrogens is 499 g/mol. The summed E-state index contributed by atoms with van der Waals surface area (Å²) in [5.41, 5.74) is 1.35. The molecule has 7 heteroatoms. The Bertz CT molecular complexity index is 585. The molecule has 178 valence electrons. The van der Waals surface area contributed by atoms with Crippen LogP contribution in [-0.4, -0.2) is 87.8 Å². The molecule has 31 heavy (non-hydrogen) atoms. The number of nitrogens with zero attached hydrogens (tertiary/aromatic N) is 4. The van der Waals surface area contributed by atoms with Crippen LogP contribution in [0.15, 0.2) is 35.3 Å². The fourth-order valence-corrected chi connectivity index (χ4v) is 4.04. The minimum absolute atomic E-state index is 0. The molecule has 1 atom stereocenters. The molecule has 1 aliphatic rings. The van der Waals surface area contributed by atoms with E-state index in [0.717, 1.165) is 64.7 Å². The van der Waals surface area contributed by atoms with Gasteiger partial charge < -0.3 is 20.4 Å². The van der Waals surface area contributed by atoms with Crippen molar-refractivity contribution in [2.75, 3.05) is 70.9 Å². The van der Waals surface area contributed by atoms with E-state index < -0.39 is 0 Å². The fourth-order valence-electron chi connectivity index (χ4n) is 4.04. The Hall–Kier alpha value is -1.06. The lowest BCUT2D eigenvalue weighted by molar-refractivity contribution is 0.255. The summed E-state index contributed by atoms with van der Waals surface area (Å²) in [4.78, 5) is 11.9. The molecule has 0 bridgehead atoms. The number of guanidine groups is 1. The number of halogens is 1. The molecule has 2 N–H and O–H groups in total. The third-order valence-electron chi connectivity index (χ3n) is 6.05. The molecule has 0 aliphatic carbocycles. The number of para-hydroxylation sites is 1. The first-order valence-electron chi connectivity index (χ1n) is 11.9. The first kappa shape index (κ1) is 28.0. The minimum atomic E-state index is 0. The number of hydrogen-bond donors (Lipinski definition) is 2. The second-order valence-corrected chi connectivity index (χ2v) is 8.23. The zero-order valence-electron chi connectivity index (χ0n) is 20.1. The van der Waals surface area contributed by atoms with Crippen molar-refractivity contribution in [1.29, 1.82) is 0 Å². The van der Waals surface area contributed by atoms with Gasteiger partial charge in [0.25, 0.3) is 0 Å². The summed E-state index contributed by atoms with van der Waals surface area (Å²) in [7, 11) is 1.86. The third kappa shape index (κ3) is 10.9. The molecule has 1 aromatic rings. The van der Waals surface area contributed by atoms with E-state index in [-0.39, 0.29) is 24.0 Å². The second-order valence-electron chi connectivity index (χ2n) is 8.23. The van der Waals surface area contributed by atoms with Crippen LogP contribution in [0.4, 0.5) is 5.69 Å². The number of piperazine rings is 1. The molecule has 0 amide bonds. The normalized spacial score (nSPS) is 16.2. The van der Waals surface area contributed by atoms with Crippen LogP contribution in [0.25, 0.3) is 0 Å². The van der Waals surface area contributed by atoms with Gasteiger partial charge >= 0.3 is 0 Å². The van der Waals surface area contributed by atoms with Gasteiger partial charge in [-0.05, 0) is 64.5 Å². The Kier molecular flexibility index (Phi) is 14.9. The number of anilines is 1. The Morgan fingerprint density at radius 1 is 1.06 bits per heavy atom. The van der Waals surface area contributed by atoms with Crippen LogP contribution in [0, 0.1) is 0 Å². The number of hydrogen-bond acceptors (Lipinski definition) is 4. The highest BCUT2D eigenvalue weighted by atomic mass is 127. The number of aliphatic imine (C=N–C) groups is 1. The first-order valence-corrected chi connectivity index (χ1v) is 11.9. The van der Waals surface area contributed by atoms with Crippen molar-refractivity contribution in [2.45, 2.75) is 46.1 Å². The summed E-state index contributed by atoms with van der Waals surface area (Å²) in [6.07, 6.45) is 3.53. The van der Waals surface area contributed by atoms with Crippen LogP contribution in [0.2, 0.25) is 0 Å². The van der Waals surface area contributed by atoms with Crippen LogP contribution in [0.5, 0.6) is 0 Å². The highest BCUT2D eigenvalue weighted by molar-refractivity contribution is 14.0. The quantitative estimate of drug-likeness (QED) is 0.183. The molecule has 1 unspecified atom stereocenters. The predicted octanol–water partition coefficient (Wildman–Crippen LogP) is 3.49. The SMILES string of the molecule is CCN(CC)CCCC(C)NC(=NC)NCCCN1CCN(c2ccccc2)CC1.I. The molecular formula is C24H45IN6. The van der Waals surface area contributed by atoms with Crippen molar-refractivity contribution >= 4 is 35.6 Å². The van der Waals surface area contributed by atoms with Crippen LogP contribution in [0.1, 0.15) is 40.0 Å². The molecule has 2 rings (SSSR count). The average molecular weight is 545 g/mol. The van der Waals surface area contributed by atoms with Gasteiger partial charge in [-0.1, -0.05) is 32.0 Å². The van der Waals surface area contributed by atoms with Gasteiger partial charge in [0.1, 0.15) is 0 Å². The summed E-state index contributed by atoms with van der Waals surface area (Å²) < 4.78 is 0. The summed E-state index contributed by atoms with van der Waals surface area (Å²) in [5, 5.41) is 7.03. The maximum Gasteiger partial charge on any atom is 0.191 e. The Labute approximate surface area is 207 Å². The van der Waals surface area contributed by atoms with E-state index in [1.54, 1.807) is 0 Å². The molecule has 1 heterocycles. The van der Waals surface area contributed by atoms with Crippen molar-refractivity contribution in [3.63, 3.8) is 0 Å². The van der Waals surface area contributed by atoms with Crippen molar-refractivity contribution in [2.24, 2.45) is 4.99 Å². The summed E-state index contributed by atoms with van der Waals surface area (Å²) in [6, 6.07) is 11.2. The van der Waals surface area contributed by atoms with Gasteiger partial charge in [-0.15, -0.1) is 24.0 Å². The summed E-state index contributed by atoms with van der Waals surface area (Å²) in [5.74, 6) is 0.930. The van der Waals surface area contributed by atoms with E-state index in [4.69, 9.17) is 0 Å².